The third-order valence-electron chi connectivity index (χ3n) is 3.23. The molecule has 0 unspecified atom stereocenters. The third-order valence-corrected chi connectivity index (χ3v) is 3.23. The number of carbonyl (C=O) groups excluding carboxylic acids is 1. The summed E-state index contributed by atoms with van der Waals surface area (Å²) >= 11 is 0. The summed E-state index contributed by atoms with van der Waals surface area (Å²) in [6.07, 6.45) is 1.35. The van der Waals surface area contributed by atoms with Crippen LogP contribution in [0.4, 0.5) is 4.39 Å². The maximum atomic E-state index is 13.5. The van der Waals surface area contributed by atoms with Gasteiger partial charge in [0.1, 0.15) is 17.1 Å². The van der Waals surface area contributed by atoms with Gasteiger partial charge >= 0.3 is 0 Å². The normalized spacial score (nSPS) is 18.3. The van der Waals surface area contributed by atoms with Crippen molar-refractivity contribution in [1.29, 1.82) is 0 Å². The van der Waals surface area contributed by atoms with Crippen molar-refractivity contribution in [3.63, 3.8) is 0 Å². The van der Waals surface area contributed by atoms with Crippen LogP contribution in [0.25, 0.3) is 0 Å². The average molecular weight is 253 g/mol. The Labute approximate surface area is 105 Å². The van der Waals surface area contributed by atoms with E-state index in [4.69, 9.17) is 4.74 Å². The minimum Gasteiger partial charge on any atom is -0.507 e. The van der Waals surface area contributed by atoms with E-state index in [0.29, 0.717) is 26.1 Å². The van der Waals surface area contributed by atoms with Gasteiger partial charge in [-0.2, -0.15) is 0 Å². The quantitative estimate of drug-likeness (QED) is 0.845. The minimum absolute atomic E-state index is 0.301. The zero-order chi connectivity index (χ0) is 13.2. The molecule has 1 aromatic carbocycles. The molecule has 0 bridgehead atoms. The molecule has 0 aliphatic carbocycles. The molecule has 2 rings (SSSR count). The van der Waals surface area contributed by atoms with E-state index in [1.54, 1.807) is 0 Å². The largest absolute Gasteiger partial charge is 0.507 e. The Kier molecular flexibility index (Phi) is 3.52. The lowest BCUT2D eigenvalue weighted by molar-refractivity contribution is 0.0421. The van der Waals surface area contributed by atoms with Gasteiger partial charge in [0, 0.05) is 18.8 Å². The maximum absolute atomic E-state index is 13.5. The number of phenols is 1. The van der Waals surface area contributed by atoms with Crippen molar-refractivity contribution in [3.05, 3.63) is 29.6 Å². The van der Waals surface area contributed by atoms with E-state index in [-0.39, 0.29) is 11.3 Å². The highest BCUT2D eigenvalue weighted by Crippen LogP contribution is 2.24. The smallest absolute Gasteiger partial charge is 0.258 e. The topological polar surface area (TPSA) is 58.6 Å². The number of carbonyl (C=O) groups is 1. The second kappa shape index (κ2) is 4.94. The van der Waals surface area contributed by atoms with Crippen molar-refractivity contribution >= 4 is 5.91 Å². The van der Waals surface area contributed by atoms with Gasteiger partial charge in [0.2, 0.25) is 0 Å². The fourth-order valence-corrected chi connectivity index (χ4v) is 2.02. The Balaban J connectivity index is 2.17. The Morgan fingerprint density at radius 2 is 2.11 bits per heavy atom. The third kappa shape index (κ3) is 2.61. The summed E-state index contributed by atoms with van der Waals surface area (Å²) in [6.45, 7) is 3.03. The first-order valence-electron chi connectivity index (χ1n) is 5.90. The maximum Gasteiger partial charge on any atom is 0.258 e. The molecule has 0 atom stereocenters. The molecular weight excluding hydrogens is 237 g/mol. The molecule has 1 aliphatic heterocycles. The summed E-state index contributed by atoms with van der Waals surface area (Å²) in [7, 11) is 0. The van der Waals surface area contributed by atoms with E-state index >= 15 is 0 Å². The summed E-state index contributed by atoms with van der Waals surface area (Å²) < 4.78 is 18.8. The number of phenolic OH excluding ortho intramolecular Hbond substituents is 1. The van der Waals surface area contributed by atoms with Crippen molar-refractivity contribution in [2.75, 3.05) is 13.2 Å². The molecule has 0 saturated carbocycles. The molecule has 2 N–H and O–H groups in total. The molecule has 5 heteroatoms. The van der Waals surface area contributed by atoms with Gasteiger partial charge in [0.05, 0.1) is 0 Å². The second-order valence-electron chi connectivity index (χ2n) is 4.76. The van der Waals surface area contributed by atoms with Crippen LogP contribution in [-0.4, -0.2) is 29.8 Å². The standard InChI is InChI=1S/C13H16FNO3/c1-13(5-7-18-8-6-13)15-12(17)11-9(14)3-2-4-10(11)16/h2-4,16H,5-8H2,1H3,(H,15,17). The Morgan fingerprint density at radius 1 is 1.44 bits per heavy atom. The van der Waals surface area contributed by atoms with Crippen molar-refractivity contribution < 1.29 is 19.0 Å². The number of aromatic hydroxyl groups is 1. The van der Waals surface area contributed by atoms with Crippen LogP contribution >= 0.6 is 0 Å². The zero-order valence-corrected chi connectivity index (χ0v) is 10.2. The molecule has 1 fully saturated rings. The first-order valence-corrected chi connectivity index (χ1v) is 5.90. The van der Waals surface area contributed by atoms with Crippen LogP contribution in [0.3, 0.4) is 0 Å². The van der Waals surface area contributed by atoms with Gasteiger partial charge in [-0.05, 0) is 31.9 Å². The highest BCUT2D eigenvalue weighted by molar-refractivity contribution is 5.97. The molecular formula is C13H16FNO3. The number of ether oxygens (including phenoxy) is 1. The zero-order valence-electron chi connectivity index (χ0n) is 10.2. The van der Waals surface area contributed by atoms with Gasteiger partial charge in [0.15, 0.2) is 0 Å². The van der Waals surface area contributed by atoms with Crippen LogP contribution in [0, 0.1) is 5.82 Å². The Morgan fingerprint density at radius 3 is 2.72 bits per heavy atom. The number of hydrogen-bond donors (Lipinski definition) is 2. The monoisotopic (exact) mass is 253 g/mol. The predicted octanol–water partition coefficient (Wildman–Crippen LogP) is 1.83. The van der Waals surface area contributed by atoms with Gasteiger partial charge in [-0.25, -0.2) is 4.39 Å². The Bertz CT molecular complexity index is 435. The lowest BCUT2D eigenvalue weighted by Crippen LogP contribution is -2.49. The predicted molar refractivity (Wildman–Crippen MR) is 64.0 cm³/mol. The van der Waals surface area contributed by atoms with Gasteiger partial charge < -0.3 is 15.2 Å². The molecule has 1 amide bonds. The Hall–Kier alpha value is -1.62. The summed E-state index contributed by atoms with van der Waals surface area (Å²) in [5.41, 5.74) is -0.713. The second-order valence-corrected chi connectivity index (χ2v) is 4.76. The van der Waals surface area contributed by atoms with Crippen LogP contribution in [0.15, 0.2) is 18.2 Å². The molecule has 4 nitrogen and oxygen atoms in total. The molecule has 1 aliphatic rings. The van der Waals surface area contributed by atoms with Crippen molar-refractivity contribution in [3.8, 4) is 5.75 Å². The van der Waals surface area contributed by atoms with Gasteiger partial charge in [-0.3, -0.25) is 4.79 Å². The van der Waals surface area contributed by atoms with Crippen LogP contribution in [0.5, 0.6) is 5.75 Å². The van der Waals surface area contributed by atoms with Gasteiger partial charge in [-0.15, -0.1) is 0 Å². The molecule has 0 radical (unpaired) electrons. The summed E-state index contributed by atoms with van der Waals surface area (Å²) in [4.78, 5) is 12.0. The van der Waals surface area contributed by atoms with E-state index in [1.807, 2.05) is 6.92 Å². The van der Waals surface area contributed by atoms with E-state index in [1.165, 1.54) is 12.1 Å². The number of rotatable bonds is 2. The molecule has 1 saturated heterocycles. The minimum atomic E-state index is -0.719. The van der Waals surface area contributed by atoms with E-state index in [2.05, 4.69) is 5.32 Å². The first-order chi connectivity index (χ1) is 8.52. The van der Waals surface area contributed by atoms with E-state index in [0.717, 1.165) is 6.07 Å². The van der Waals surface area contributed by atoms with Crippen molar-refractivity contribution in [1.82, 2.24) is 5.32 Å². The number of benzene rings is 1. The van der Waals surface area contributed by atoms with Crippen LogP contribution < -0.4 is 5.32 Å². The van der Waals surface area contributed by atoms with Gasteiger partial charge in [0.25, 0.3) is 5.91 Å². The van der Waals surface area contributed by atoms with Gasteiger partial charge in [-0.1, -0.05) is 6.07 Å². The SMILES string of the molecule is CC1(NC(=O)c2c(O)cccc2F)CCOCC1. The fraction of sp³-hybridized carbons (Fsp3) is 0.462. The number of hydrogen-bond acceptors (Lipinski definition) is 3. The van der Waals surface area contributed by atoms with Crippen LogP contribution in [0.2, 0.25) is 0 Å². The highest BCUT2D eigenvalue weighted by Gasteiger charge is 2.30. The molecule has 98 valence electrons. The van der Waals surface area contributed by atoms with E-state index in [9.17, 15) is 14.3 Å². The molecule has 1 aromatic rings. The molecule has 18 heavy (non-hydrogen) atoms. The summed E-state index contributed by atoms with van der Waals surface area (Å²) in [6, 6.07) is 3.81. The molecule has 0 spiro atoms. The van der Waals surface area contributed by atoms with E-state index < -0.39 is 17.3 Å². The lowest BCUT2D eigenvalue weighted by atomic mass is 9.92. The fourth-order valence-electron chi connectivity index (χ4n) is 2.02. The number of nitrogens with one attached hydrogen (secondary N) is 1. The van der Waals surface area contributed by atoms with Crippen LogP contribution in [-0.2, 0) is 4.74 Å². The summed E-state index contributed by atoms with van der Waals surface area (Å²) in [5, 5.41) is 12.3. The number of halogens is 1. The number of amides is 1. The van der Waals surface area contributed by atoms with Crippen LogP contribution in [0.1, 0.15) is 30.1 Å². The highest BCUT2D eigenvalue weighted by atomic mass is 19.1. The molecule has 0 aromatic heterocycles. The summed E-state index contributed by atoms with van der Waals surface area (Å²) in [5.74, 6) is -1.65. The molecule has 1 heterocycles. The lowest BCUT2D eigenvalue weighted by Gasteiger charge is -2.34. The first kappa shape index (κ1) is 12.8. The van der Waals surface area contributed by atoms with Crippen molar-refractivity contribution in [2.24, 2.45) is 0 Å². The average Bonchev–Trinajstić information content (AvgIpc) is 2.28. The van der Waals surface area contributed by atoms with Crippen molar-refractivity contribution in [2.45, 2.75) is 25.3 Å².